The topological polar surface area (TPSA) is 75.6 Å². The molecule has 1 aromatic heterocycles. The Morgan fingerprint density at radius 1 is 1.14 bits per heavy atom. The zero-order chi connectivity index (χ0) is 15.8. The first-order valence-corrected chi connectivity index (χ1v) is 7.79. The minimum absolute atomic E-state index is 0.0137. The minimum atomic E-state index is -1.00. The van der Waals surface area contributed by atoms with Gasteiger partial charge in [0.1, 0.15) is 5.75 Å². The van der Waals surface area contributed by atoms with E-state index in [1.165, 1.54) is 0 Å². The van der Waals surface area contributed by atoms with E-state index in [0.717, 1.165) is 11.1 Å². The Hall–Kier alpha value is -2.34. The average molecular weight is 319 g/mol. The quantitative estimate of drug-likeness (QED) is 0.781. The van der Waals surface area contributed by atoms with Crippen molar-refractivity contribution in [3.63, 3.8) is 0 Å². The summed E-state index contributed by atoms with van der Waals surface area (Å²) < 4.78 is 5.06. The number of rotatable bonds is 8. The van der Waals surface area contributed by atoms with Gasteiger partial charge in [0.05, 0.1) is 6.42 Å². The second-order valence-electron chi connectivity index (χ2n) is 4.73. The lowest BCUT2D eigenvalue weighted by Crippen LogP contribution is -2.27. The Kier molecular flexibility index (Phi) is 5.97. The van der Waals surface area contributed by atoms with E-state index in [4.69, 9.17) is 9.84 Å². The predicted molar refractivity (Wildman–Crippen MR) is 84.3 cm³/mol. The van der Waals surface area contributed by atoms with Gasteiger partial charge in [0.25, 0.3) is 0 Å². The Balaban J connectivity index is 1.70. The molecule has 0 atom stereocenters. The number of nitrogens with one attached hydrogen (secondary N) is 1. The predicted octanol–water partition coefficient (Wildman–Crippen LogP) is 2.11. The number of thiophene rings is 1. The number of carboxylic acids is 1. The Morgan fingerprint density at radius 3 is 2.55 bits per heavy atom. The molecule has 1 amide bonds. The molecule has 0 aliphatic carbocycles. The Bertz CT molecular complexity index is 608. The summed E-state index contributed by atoms with van der Waals surface area (Å²) in [6.07, 6.45) is 1.13. The van der Waals surface area contributed by atoms with Crippen LogP contribution >= 0.6 is 11.3 Å². The molecule has 2 rings (SSSR count). The summed E-state index contributed by atoms with van der Waals surface area (Å²) in [7, 11) is 0. The van der Waals surface area contributed by atoms with Crippen molar-refractivity contribution < 1.29 is 19.4 Å². The van der Waals surface area contributed by atoms with Crippen LogP contribution in [0.1, 0.15) is 11.1 Å². The van der Waals surface area contributed by atoms with Crippen molar-refractivity contribution in [2.24, 2.45) is 0 Å². The third kappa shape index (κ3) is 5.57. The second kappa shape index (κ2) is 8.19. The summed E-state index contributed by atoms with van der Waals surface area (Å²) in [6, 6.07) is 9.13. The van der Waals surface area contributed by atoms with E-state index in [9.17, 15) is 9.59 Å². The van der Waals surface area contributed by atoms with E-state index in [1.54, 1.807) is 23.5 Å². The van der Waals surface area contributed by atoms with Gasteiger partial charge in [0.15, 0.2) is 6.61 Å². The lowest BCUT2D eigenvalue weighted by Gasteiger charge is -2.06. The summed E-state index contributed by atoms with van der Waals surface area (Å²) in [5.74, 6) is -0.468. The van der Waals surface area contributed by atoms with Crippen LogP contribution in [0, 0.1) is 0 Å². The lowest BCUT2D eigenvalue weighted by atomic mass is 10.1. The fourth-order valence-corrected chi connectivity index (χ4v) is 2.55. The van der Waals surface area contributed by atoms with E-state index in [0.29, 0.717) is 25.1 Å². The number of carboxylic acid groups (broad SMARTS) is 1. The van der Waals surface area contributed by atoms with Gasteiger partial charge >= 0.3 is 5.97 Å². The van der Waals surface area contributed by atoms with Gasteiger partial charge in [-0.05, 0) is 46.5 Å². The second-order valence-corrected chi connectivity index (χ2v) is 5.51. The molecule has 1 aromatic carbocycles. The van der Waals surface area contributed by atoms with Crippen molar-refractivity contribution >= 4 is 23.2 Å². The Labute approximate surface area is 132 Å². The van der Waals surface area contributed by atoms with Crippen LogP contribution in [-0.4, -0.2) is 30.1 Å². The molecule has 5 nitrogen and oxygen atoms in total. The number of amides is 1. The molecular weight excluding hydrogens is 302 g/mol. The van der Waals surface area contributed by atoms with Gasteiger partial charge < -0.3 is 15.2 Å². The highest BCUT2D eigenvalue weighted by Crippen LogP contribution is 2.12. The first kappa shape index (κ1) is 16.0. The van der Waals surface area contributed by atoms with Crippen molar-refractivity contribution in [3.8, 4) is 5.75 Å². The van der Waals surface area contributed by atoms with Crippen LogP contribution in [-0.2, 0) is 22.4 Å². The summed E-state index contributed by atoms with van der Waals surface area (Å²) >= 11 is 1.58. The van der Waals surface area contributed by atoms with Crippen LogP contribution in [0.4, 0.5) is 0 Å². The van der Waals surface area contributed by atoms with Crippen molar-refractivity contribution in [3.05, 3.63) is 52.2 Å². The molecule has 22 heavy (non-hydrogen) atoms. The van der Waals surface area contributed by atoms with Crippen LogP contribution in [0.3, 0.4) is 0 Å². The molecule has 0 saturated carbocycles. The van der Waals surface area contributed by atoms with Gasteiger partial charge in [0.2, 0.25) is 5.91 Å². The van der Waals surface area contributed by atoms with E-state index < -0.39 is 5.97 Å². The molecule has 116 valence electrons. The number of hydrogen-bond acceptors (Lipinski definition) is 4. The van der Waals surface area contributed by atoms with Crippen LogP contribution in [0.15, 0.2) is 41.1 Å². The third-order valence-electron chi connectivity index (χ3n) is 2.97. The molecule has 0 saturated heterocycles. The van der Waals surface area contributed by atoms with Crippen molar-refractivity contribution in [1.82, 2.24) is 5.32 Å². The minimum Gasteiger partial charge on any atom is -0.482 e. The van der Waals surface area contributed by atoms with Gasteiger partial charge in [-0.25, -0.2) is 4.79 Å². The van der Waals surface area contributed by atoms with E-state index in [-0.39, 0.29) is 12.5 Å². The third-order valence-corrected chi connectivity index (χ3v) is 3.70. The van der Waals surface area contributed by atoms with Gasteiger partial charge in [-0.15, -0.1) is 0 Å². The zero-order valence-electron chi connectivity index (χ0n) is 12.0. The molecule has 0 aliphatic rings. The van der Waals surface area contributed by atoms with Gasteiger partial charge in [-0.3, -0.25) is 4.79 Å². The molecular formula is C16H17NO4S. The number of hydrogen-bond donors (Lipinski definition) is 2. The van der Waals surface area contributed by atoms with Crippen molar-refractivity contribution in [1.29, 1.82) is 0 Å². The van der Waals surface area contributed by atoms with Crippen molar-refractivity contribution in [2.45, 2.75) is 12.8 Å². The molecule has 1 heterocycles. The van der Waals surface area contributed by atoms with Crippen LogP contribution in [0.2, 0.25) is 0 Å². The molecule has 0 unspecified atom stereocenters. The first-order chi connectivity index (χ1) is 10.6. The normalized spacial score (nSPS) is 10.2. The van der Waals surface area contributed by atoms with Gasteiger partial charge in [-0.1, -0.05) is 12.1 Å². The molecule has 0 bridgehead atoms. The number of carbonyl (C=O) groups excluding carboxylic acids is 1. The maximum Gasteiger partial charge on any atom is 0.341 e. The summed E-state index contributed by atoms with van der Waals surface area (Å²) in [5.41, 5.74) is 2.08. The number of aliphatic carboxylic acids is 1. The summed E-state index contributed by atoms with van der Waals surface area (Å²) in [4.78, 5) is 22.1. The zero-order valence-corrected chi connectivity index (χ0v) is 12.8. The van der Waals surface area contributed by atoms with Crippen LogP contribution < -0.4 is 10.1 Å². The largest absolute Gasteiger partial charge is 0.482 e. The SMILES string of the molecule is O=C(O)COc1ccc(CCNC(=O)Cc2ccsc2)cc1. The maximum absolute atomic E-state index is 11.7. The smallest absolute Gasteiger partial charge is 0.341 e. The van der Waals surface area contributed by atoms with Gasteiger partial charge in [-0.2, -0.15) is 11.3 Å². The maximum atomic E-state index is 11.7. The monoisotopic (exact) mass is 319 g/mol. The molecule has 0 aliphatic heterocycles. The number of ether oxygens (including phenoxy) is 1. The van der Waals surface area contributed by atoms with Crippen LogP contribution in [0.25, 0.3) is 0 Å². The standard InChI is InChI=1S/C16H17NO4S/c18-15(9-13-6-8-22-11-13)17-7-5-12-1-3-14(4-2-12)21-10-16(19)20/h1-4,6,8,11H,5,7,9-10H2,(H,17,18)(H,19,20). The highest BCUT2D eigenvalue weighted by molar-refractivity contribution is 7.07. The molecule has 2 aromatic rings. The molecule has 2 N–H and O–H groups in total. The average Bonchev–Trinajstić information content (AvgIpc) is 2.99. The van der Waals surface area contributed by atoms with E-state index in [1.807, 2.05) is 29.0 Å². The fourth-order valence-electron chi connectivity index (χ4n) is 1.88. The van der Waals surface area contributed by atoms with E-state index >= 15 is 0 Å². The van der Waals surface area contributed by atoms with E-state index in [2.05, 4.69) is 5.32 Å². The highest BCUT2D eigenvalue weighted by atomic mass is 32.1. The Morgan fingerprint density at radius 2 is 1.91 bits per heavy atom. The molecule has 6 heteroatoms. The molecule has 0 spiro atoms. The fraction of sp³-hybridized carbons (Fsp3) is 0.250. The number of carbonyl (C=O) groups is 2. The highest BCUT2D eigenvalue weighted by Gasteiger charge is 2.04. The molecule has 0 fully saturated rings. The summed E-state index contributed by atoms with van der Waals surface area (Å²) in [5, 5.41) is 15.3. The van der Waals surface area contributed by atoms with Crippen LogP contribution in [0.5, 0.6) is 5.75 Å². The summed E-state index contributed by atoms with van der Waals surface area (Å²) in [6.45, 7) is 0.219. The van der Waals surface area contributed by atoms with Crippen molar-refractivity contribution in [2.75, 3.05) is 13.2 Å². The first-order valence-electron chi connectivity index (χ1n) is 6.85. The van der Waals surface area contributed by atoms with Gasteiger partial charge in [0, 0.05) is 6.54 Å². The number of benzene rings is 1. The molecule has 0 radical (unpaired) electrons. The lowest BCUT2D eigenvalue weighted by molar-refractivity contribution is -0.139.